The zero-order chi connectivity index (χ0) is 27.4. The second-order valence-electron chi connectivity index (χ2n) is 10.9. The minimum atomic E-state index is -0.267. The molecule has 3 aromatic heterocycles. The number of carbonyl (C=O) groups is 1. The summed E-state index contributed by atoms with van der Waals surface area (Å²) >= 11 is 0. The number of piperazine rings is 1. The molecule has 5 heterocycles. The smallest absolute Gasteiger partial charge is 0.409 e. The van der Waals surface area contributed by atoms with Gasteiger partial charge in [-0.2, -0.15) is 5.10 Å². The van der Waals surface area contributed by atoms with Crippen LogP contribution in [0.3, 0.4) is 0 Å². The molecule has 0 aliphatic carbocycles. The number of fused-ring (bicyclic) bond motifs is 1. The molecule has 2 saturated heterocycles. The van der Waals surface area contributed by atoms with E-state index in [-0.39, 0.29) is 11.7 Å². The SMILES string of the molecule is CCCOC(=O)N1CCN(c2ccnn3cc(-c4ccc(C5(OCC)CCN(C(C)C)CC5)cn4)cc23)CC1. The Morgan fingerprint density at radius 1 is 1.05 bits per heavy atom. The van der Waals surface area contributed by atoms with Gasteiger partial charge in [0.15, 0.2) is 0 Å². The van der Waals surface area contributed by atoms with E-state index in [4.69, 9.17) is 14.5 Å². The van der Waals surface area contributed by atoms with Crippen LogP contribution in [0.2, 0.25) is 0 Å². The predicted octanol–water partition coefficient (Wildman–Crippen LogP) is 4.80. The molecule has 0 unspecified atom stereocenters. The number of amides is 1. The number of hydrogen-bond acceptors (Lipinski definition) is 7. The van der Waals surface area contributed by atoms with Crippen molar-refractivity contribution in [2.45, 2.75) is 58.6 Å². The van der Waals surface area contributed by atoms with E-state index in [1.807, 2.05) is 30.0 Å². The standard InChI is InChI=1S/C30H42N6O3/c1-5-19-38-29(37)35-17-15-34(16-18-35)27-9-12-32-36-22-24(20-28(27)36)26-8-7-25(21-31-26)30(39-6-2)10-13-33(14-11-30)23(3)4/h7-9,12,20-23H,5-6,10-11,13-19H2,1-4H3. The van der Waals surface area contributed by atoms with Crippen LogP contribution >= 0.6 is 0 Å². The van der Waals surface area contributed by atoms with Crippen LogP contribution in [-0.2, 0) is 15.1 Å². The molecule has 5 rings (SSSR count). The van der Waals surface area contributed by atoms with Gasteiger partial charge in [-0.1, -0.05) is 13.0 Å². The largest absolute Gasteiger partial charge is 0.449 e. The highest BCUT2D eigenvalue weighted by atomic mass is 16.6. The lowest BCUT2D eigenvalue weighted by Crippen LogP contribution is -2.49. The molecule has 39 heavy (non-hydrogen) atoms. The minimum Gasteiger partial charge on any atom is -0.449 e. The Balaban J connectivity index is 1.32. The topological polar surface area (TPSA) is 75.4 Å². The number of pyridine rings is 1. The van der Waals surface area contributed by atoms with Crippen LogP contribution in [0, 0.1) is 0 Å². The first-order chi connectivity index (χ1) is 18.9. The summed E-state index contributed by atoms with van der Waals surface area (Å²) in [7, 11) is 0. The number of rotatable bonds is 8. The second-order valence-corrected chi connectivity index (χ2v) is 10.9. The summed E-state index contributed by atoms with van der Waals surface area (Å²) in [6.07, 6.45) is 8.45. The minimum absolute atomic E-state index is 0.215. The van der Waals surface area contributed by atoms with Gasteiger partial charge in [0.25, 0.3) is 0 Å². The molecule has 2 fully saturated rings. The first kappa shape index (κ1) is 27.4. The number of aromatic nitrogens is 3. The van der Waals surface area contributed by atoms with Crippen molar-refractivity contribution >= 4 is 17.3 Å². The van der Waals surface area contributed by atoms with E-state index < -0.39 is 0 Å². The Morgan fingerprint density at radius 3 is 2.46 bits per heavy atom. The number of nitrogens with zero attached hydrogens (tertiary/aromatic N) is 6. The van der Waals surface area contributed by atoms with Crippen LogP contribution in [0.5, 0.6) is 0 Å². The van der Waals surface area contributed by atoms with Crippen molar-refractivity contribution in [3.63, 3.8) is 0 Å². The average Bonchev–Trinajstić information content (AvgIpc) is 3.41. The van der Waals surface area contributed by atoms with E-state index in [2.05, 4.69) is 59.9 Å². The first-order valence-electron chi connectivity index (χ1n) is 14.4. The van der Waals surface area contributed by atoms with Crippen LogP contribution in [0.1, 0.15) is 52.5 Å². The molecule has 2 aliphatic rings. The average molecular weight is 535 g/mol. The maximum Gasteiger partial charge on any atom is 0.409 e. The van der Waals surface area contributed by atoms with Crippen LogP contribution in [-0.4, -0.2) is 89.0 Å². The number of likely N-dealkylation sites (tertiary alicyclic amines) is 1. The monoisotopic (exact) mass is 534 g/mol. The normalized spacial score (nSPS) is 18.2. The van der Waals surface area contributed by atoms with Gasteiger partial charge in [-0.3, -0.25) is 4.98 Å². The third-order valence-corrected chi connectivity index (χ3v) is 8.14. The van der Waals surface area contributed by atoms with Crippen molar-refractivity contribution in [3.8, 4) is 11.3 Å². The molecular formula is C30H42N6O3. The molecule has 0 saturated carbocycles. The highest BCUT2D eigenvalue weighted by molar-refractivity contribution is 5.79. The van der Waals surface area contributed by atoms with Crippen LogP contribution < -0.4 is 4.90 Å². The van der Waals surface area contributed by atoms with Crippen molar-refractivity contribution in [1.29, 1.82) is 0 Å². The molecule has 0 atom stereocenters. The van der Waals surface area contributed by atoms with E-state index in [0.29, 0.717) is 32.3 Å². The Labute approximate surface area is 231 Å². The molecule has 2 aliphatic heterocycles. The summed E-state index contributed by atoms with van der Waals surface area (Å²) in [6.45, 7) is 14.6. The number of hydrogen-bond donors (Lipinski definition) is 0. The highest BCUT2D eigenvalue weighted by Crippen LogP contribution is 2.38. The van der Waals surface area contributed by atoms with Gasteiger partial charge in [0, 0.05) is 81.6 Å². The number of anilines is 1. The first-order valence-corrected chi connectivity index (χ1v) is 14.4. The van der Waals surface area contributed by atoms with Crippen molar-refractivity contribution in [1.82, 2.24) is 24.4 Å². The summed E-state index contributed by atoms with van der Waals surface area (Å²) in [5, 5.41) is 4.56. The van der Waals surface area contributed by atoms with Gasteiger partial charge in [0.1, 0.15) is 0 Å². The zero-order valence-corrected chi connectivity index (χ0v) is 23.8. The maximum absolute atomic E-state index is 12.2. The highest BCUT2D eigenvalue weighted by Gasteiger charge is 2.37. The number of piperidine rings is 1. The molecule has 0 spiro atoms. The third-order valence-electron chi connectivity index (χ3n) is 8.14. The van der Waals surface area contributed by atoms with Gasteiger partial charge < -0.3 is 24.2 Å². The van der Waals surface area contributed by atoms with Crippen molar-refractivity contribution in [2.75, 3.05) is 57.4 Å². The summed E-state index contributed by atoms with van der Waals surface area (Å²) < 4.78 is 13.6. The van der Waals surface area contributed by atoms with Crippen molar-refractivity contribution < 1.29 is 14.3 Å². The van der Waals surface area contributed by atoms with Crippen LogP contribution in [0.25, 0.3) is 16.8 Å². The van der Waals surface area contributed by atoms with Crippen LogP contribution in [0.4, 0.5) is 10.5 Å². The Kier molecular flexibility index (Phi) is 8.37. The van der Waals surface area contributed by atoms with Gasteiger partial charge in [0.2, 0.25) is 0 Å². The van der Waals surface area contributed by atoms with Crippen molar-refractivity contribution in [2.24, 2.45) is 0 Å². The van der Waals surface area contributed by atoms with Gasteiger partial charge in [-0.25, -0.2) is 9.31 Å². The molecule has 9 heteroatoms. The van der Waals surface area contributed by atoms with E-state index in [0.717, 1.165) is 73.5 Å². The summed E-state index contributed by atoms with van der Waals surface area (Å²) in [5.74, 6) is 0. The van der Waals surface area contributed by atoms with E-state index in [9.17, 15) is 4.79 Å². The number of carbonyl (C=O) groups excluding carboxylic acids is 1. The Morgan fingerprint density at radius 2 is 1.82 bits per heavy atom. The third kappa shape index (κ3) is 5.75. The van der Waals surface area contributed by atoms with E-state index in [1.54, 1.807) is 4.90 Å². The quantitative estimate of drug-likeness (QED) is 0.411. The van der Waals surface area contributed by atoms with Gasteiger partial charge in [0.05, 0.1) is 29.1 Å². The second kappa shape index (κ2) is 11.9. The Hall–Kier alpha value is -3.17. The van der Waals surface area contributed by atoms with E-state index >= 15 is 0 Å². The van der Waals surface area contributed by atoms with Crippen molar-refractivity contribution in [3.05, 3.63) is 48.4 Å². The molecule has 0 aromatic carbocycles. The molecule has 0 bridgehead atoms. The maximum atomic E-state index is 12.2. The predicted molar refractivity (Wildman–Crippen MR) is 153 cm³/mol. The van der Waals surface area contributed by atoms with Gasteiger partial charge in [-0.05, 0) is 58.2 Å². The molecule has 9 nitrogen and oxygen atoms in total. The van der Waals surface area contributed by atoms with E-state index in [1.165, 1.54) is 0 Å². The molecule has 210 valence electrons. The van der Waals surface area contributed by atoms with Crippen LogP contribution in [0.15, 0.2) is 42.9 Å². The summed E-state index contributed by atoms with van der Waals surface area (Å²) in [5.41, 5.74) is 4.99. The van der Waals surface area contributed by atoms with Gasteiger partial charge >= 0.3 is 6.09 Å². The lowest BCUT2D eigenvalue weighted by atomic mass is 9.84. The fourth-order valence-electron chi connectivity index (χ4n) is 5.85. The Bertz CT molecular complexity index is 1240. The fourth-order valence-corrected chi connectivity index (χ4v) is 5.85. The summed E-state index contributed by atoms with van der Waals surface area (Å²) in [4.78, 5) is 23.8. The lowest BCUT2D eigenvalue weighted by molar-refractivity contribution is -0.0888. The van der Waals surface area contributed by atoms with Gasteiger partial charge in [-0.15, -0.1) is 0 Å². The summed E-state index contributed by atoms with van der Waals surface area (Å²) in [6, 6.07) is 9.07. The fraction of sp³-hybridized carbons (Fsp3) is 0.567. The molecule has 0 N–H and O–H groups in total. The molecular weight excluding hydrogens is 492 g/mol. The lowest BCUT2D eigenvalue weighted by Gasteiger charge is -2.43. The molecule has 1 amide bonds. The molecule has 0 radical (unpaired) electrons. The zero-order valence-electron chi connectivity index (χ0n) is 23.8. The number of ether oxygens (including phenoxy) is 2. The molecule has 3 aromatic rings.